The minimum absolute atomic E-state index is 0.0963. The van der Waals surface area contributed by atoms with E-state index < -0.39 is 16.2 Å². The topological polar surface area (TPSA) is 86.7 Å². The maximum atomic E-state index is 11.9. The molecule has 18 heavy (non-hydrogen) atoms. The molecule has 0 aromatic heterocycles. The normalized spacial score (nSPS) is 19.3. The van der Waals surface area contributed by atoms with Gasteiger partial charge in [-0.1, -0.05) is 13.8 Å². The molecule has 0 bridgehead atoms. The van der Waals surface area contributed by atoms with Gasteiger partial charge in [-0.15, -0.1) is 0 Å². The molecule has 0 aromatic carbocycles. The molecule has 7 heteroatoms. The standard InChI is InChI=1S/C11H22N2O4S/c1-9(2)8-12-18(16,17)13-5-3-10(4-6-13)7-11(14)15/h9-10,12H,3-8H2,1-2H3,(H,14,15). The van der Waals surface area contributed by atoms with Crippen LogP contribution in [0, 0.1) is 11.8 Å². The van der Waals surface area contributed by atoms with Crippen LogP contribution in [-0.4, -0.2) is 43.4 Å². The predicted octanol–water partition coefficient (Wildman–Crippen LogP) is 0.663. The highest BCUT2D eigenvalue weighted by Crippen LogP contribution is 2.21. The lowest BCUT2D eigenvalue weighted by atomic mass is 9.95. The molecule has 1 aliphatic rings. The number of rotatable bonds is 6. The summed E-state index contributed by atoms with van der Waals surface area (Å²) in [5.74, 6) is -0.447. The minimum Gasteiger partial charge on any atom is -0.481 e. The SMILES string of the molecule is CC(C)CNS(=O)(=O)N1CCC(CC(=O)O)CC1. The first kappa shape index (κ1) is 15.4. The maximum Gasteiger partial charge on any atom is 0.303 e. The van der Waals surface area contributed by atoms with Gasteiger partial charge < -0.3 is 5.11 Å². The predicted molar refractivity (Wildman–Crippen MR) is 68.3 cm³/mol. The molecule has 1 aliphatic heterocycles. The average molecular weight is 278 g/mol. The molecule has 0 aliphatic carbocycles. The van der Waals surface area contributed by atoms with Crippen LogP contribution in [0.3, 0.4) is 0 Å². The van der Waals surface area contributed by atoms with E-state index in [0.29, 0.717) is 32.5 Å². The number of carbonyl (C=O) groups is 1. The van der Waals surface area contributed by atoms with Crippen LogP contribution >= 0.6 is 0 Å². The second-order valence-corrected chi connectivity index (χ2v) is 6.94. The molecular formula is C11H22N2O4S. The third kappa shape index (κ3) is 4.91. The molecule has 1 heterocycles. The highest BCUT2D eigenvalue weighted by Gasteiger charge is 2.28. The molecule has 0 aromatic rings. The molecule has 0 amide bonds. The van der Waals surface area contributed by atoms with Gasteiger partial charge in [0.05, 0.1) is 0 Å². The van der Waals surface area contributed by atoms with Gasteiger partial charge in [-0.2, -0.15) is 12.7 Å². The molecule has 0 unspecified atom stereocenters. The lowest BCUT2D eigenvalue weighted by Crippen LogP contribution is -2.46. The van der Waals surface area contributed by atoms with E-state index in [9.17, 15) is 13.2 Å². The summed E-state index contributed by atoms with van der Waals surface area (Å²) >= 11 is 0. The molecule has 2 N–H and O–H groups in total. The third-order valence-corrected chi connectivity index (χ3v) is 4.63. The molecule has 1 rings (SSSR count). The fraction of sp³-hybridized carbons (Fsp3) is 0.909. The lowest BCUT2D eigenvalue weighted by molar-refractivity contribution is -0.138. The van der Waals surface area contributed by atoms with Gasteiger partial charge in [0.2, 0.25) is 0 Å². The van der Waals surface area contributed by atoms with Gasteiger partial charge in [0.25, 0.3) is 10.2 Å². The Hall–Kier alpha value is -0.660. The zero-order valence-electron chi connectivity index (χ0n) is 10.9. The van der Waals surface area contributed by atoms with Crippen molar-refractivity contribution in [2.75, 3.05) is 19.6 Å². The maximum absolute atomic E-state index is 11.9. The number of carboxylic acid groups (broad SMARTS) is 1. The Labute approximate surface area is 109 Å². The molecule has 0 spiro atoms. The van der Waals surface area contributed by atoms with Crippen LogP contribution < -0.4 is 4.72 Å². The molecule has 0 saturated carbocycles. The smallest absolute Gasteiger partial charge is 0.303 e. The Kier molecular flexibility index (Phi) is 5.55. The highest BCUT2D eigenvalue weighted by atomic mass is 32.2. The van der Waals surface area contributed by atoms with Crippen molar-refractivity contribution in [1.82, 2.24) is 9.03 Å². The van der Waals surface area contributed by atoms with Crippen molar-refractivity contribution < 1.29 is 18.3 Å². The molecule has 6 nitrogen and oxygen atoms in total. The Morgan fingerprint density at radius 3 is 2.39 bits per heavy atom. The number of hydrogen-bond acceptors (Lipinski definition) is 3. The minimum atomic E-state index is -3.39. The summed E-state index contributed by atoms with van der Waals surface area (Å²) in [4.78, 5) is 10.6. The monoisotopic (exact) mass is 278 g/mol. The van der Waals surface area contributed by atoms with E-state index in [2.05, 4.69) is 4.72 Å². The van der Waals surface area contributed by atoms with Gasteiger partial charge in [0.1, 0.15) is 0 Å². The Morgan fingerprint density at radius 1 is 1.39 bits per heavy atom. The van der Waals surface area contributed by atoms with E-state index in [4.69, 9.17) is 5.11 Å². The van der Waals surface area contributed by atoms with Gasteiger partial charge in [0, 0.05) is 26.1 Å². The summed E-state index contributed by atoms with van der Waals surface area (Å²) in [6, 6.07) is 0. The first-order valence-electron chi connectivity index (χ1n) is 6.28. The summed E-state index contributed by atoms with van der Waals surface area (Å²) < 4.78 is 27.8. The Morgan fingerprint density at radius 2 is 1.94 bits per heavy atom. The number of carboxylic acids is 1. The van der Waals surface area contributed by atoms with E-state index in [1.54, 1.807) is 0 Å². The van der Waals surface area contributed by atoms with Crippen LogP contribution in [0.15, 0.2) is 0 Å². The fourth-order valence-corrected chi connectivity index (χ4v) is 3.38. The second-order valence-electron chi connectivity index (χ2n) is 5.19. The third-order valence-electron chi connectivity index (χ3n) is 3.05. The number of hydrogen-bond donors (Lipinski definition) is 2. The fourth-order valence-electron chi connectivity index (χ4n) is 1.96. The van der Waals surface area contributed by atoms with Crippen molar-refractivity contribution >= 4 is 16.2 Å². The molecule has 1 saturated heterocycles. The molecule has 106 valence electrons. The van der Waals surface area contributed by atoms with Crippen LogP contribution in [0.5, 0.6) is 0 Å². The summed E-state index contributed by atoms with van der Waals surface area (Å²) in [6.45, 7) is 5.14. The Balaban J connectivity index is 2.44. The van der Waals surface area contributed by atoms with Crippen molar-refractivity contribution in [3.63, 3.8) is 0 Å². The van der Waals surface area contributed by atoms with Crippen LogP contribution in [0.1, 0.15) is 33.1 Å². The number of nitrogens with one attached hydrogen (secondary N) is 1. The average Bonchev–Trinajstić information content (AvgIpc) is 2.26. The van der Waals surface area contributed by atoms with E-state index in [-0.39, 0.29) is 18.3 Å². The van der Waals surface area contributed by atoms with Gasteiger partial charge >= 0.3 is 5.97 Å². The van der Waals surface area contributed by atoms with E-state index >= 15 is 0 Å². The lowest BCUT2D eigenvalue weighted by Gasteiger charge is -2.30. The molecule has 0 radical (unpaired) electrons. The van der Waals surface area contributed by atoms with Gasteiger partial charge in [-0.25, -0.2) is 4.72 Å². The van der Waals surface area contributed by atoms with Crippen molar-refractivity contribution in [1.29, 1.82) is 0 Å². The number of aliphatic carboxylic acids is 1. The summed E-state index contributed by atoms with van der Waals surface area (Å²) in [5, 5.41) is 8.69. The largest absolute Gasteiger partial charge is 0.481 e. The quantitative estimate of drug-likeness (QED) is 0.747. The van der Waals surface area contributed by atoms with Gasteiger partial charge in [-0.05, 0) is 24.7 Å². The summed E-state index contributed by atoms with van der Waals surface area (Å²) in [7, 11) is -3.39. The van der Waals surface area contributed by atoms with Gasteiger partial charge in [-0.3, -0.25) is 4.79 Å². The summed E-state index contributed by atoms with van der Waals surface area (Å²) in [6.07, 6.45) is 1.37. The van der Waals surface area contributed by atoms with Crippen molar-refractivity contribution in [3.05, 3.63) is 0 Å². The number of piperidine rings is 1. The van der Waals surface area contributed by atoms with E-state index in [1.807, 2.05) is 13.8 Å². The zero-order chi connectivity index (χ0) is 13.8. The first-order chi connectivity index (χ1) is 8.31. The first-order valence-corrected chi connectivity index (χ1v) is 7.72. The molecular weight excluding hydrogens is 256 g/mol. The van der Waals surface area contributed by atoms with Crippen LogP contribution in [-0.2, 0) is 15.0 Å². The van der Waals surface area contributed by atoms with Crippen LogP contribution in [0.4, 0.5) is 0 Å². The summed E-state index contributed by atoms with van der Waals surface area (Å²) in [5.41, 5.74) is 0. The van der Waals surface area contributed by atoms with Crippen LogP contribution in [0.25, 0.3) is 0 Å². The Bertz CT molecular complexity index is 373. The van der Waals surface area contributed by atoms with Crippen LogP contribution in [0.2, 0.25) is 0 Å². The van der Waals surface area contributed by atoms with E-state index in [1.165, 1.54) is 4.31 Å². The molecule has 1 fully saturated rings. The number of nitrogens with zero attached hydrogens (tertiary/aromatic N) is 1. The highest BCUT2D eigenvalue weighted by molar-refractivity contribution is 7.87. The van der Waals surface area contributed by atoms with Crippen molar-refractivity contribution in [2.24, 2.45) is 11.8 Å². The van der Waals surface area contributed by atoms with Crippen molar-refractivity contribution in [3.8, 4) is 0 Å². The molecule has 0 atom stereocenters. The second kappa shape index (κ2) is 6.49. The van der Waals surface area contributed by atoms with Gasteiger partial charge in [0.15, 0.2) is 0 Å². The van der Waals surface area contributed by atoms with Crippen molar-refractivity contribution in [2.45, 2.75) is 33.1 Å². The zero-order valence-corrected chi connectivity index (χ0v) is 11.7. The van der Waals surface area contributed by atoms with E-state index in [0.717, 1.165) is 0 Å².